The molecular formula is C13H12Br2O3. The van der Waals surface area contributed by atoms with E-state index in [0.717, 1.165) is 24.2 Å². The molecule has 0 N–H and O–H groups in total. The summed E-state index contributed by atoms with van der Waals surface area (Å²) in [5.74, 6) is 0.909. The van der Waals surface area contributed by atoms with Gasteiger partial charge in [0, 0.05) is 5.56 Å². The van der Waals surface area contributed by atoms with Crippen LogP contribution in [0, 0.1) is 0 Å². The molecule has 96 valence electrons. The molecule has 3 nitrogen and oxygen atoms in total. The number of halogens is 2. The highest BCUT2D eigenvalue weighted by Gasteiger charge is 2.28. The van der Waals surface area contributed by atoms with Gasteiger partial charge < -0.3 is 9.47 Å². The van der Waals surface area contributed by atoms with Gasteiger partial charge in [-0.2, -0.15) is 0 Å². The highest BCUT2D eigenvalue weighted by atomic mass is 79.9. The molecule has 2 rings (SSSR count). The predicted molar refractivity (Wildman–Crippen MR) is 77.0 cm³/mol. The minimum atomic E-state index is -0.337. The van der Waals surface area contributed by atoms with E-state index in [1.54, 1.807) is 12.1 Å². The molecule has 0 amide bonds. The molecule has 1 aromatic carbocycles. The SMILES string of the molecule is CCCCOc1ccc2c(c1)C(=C(Br)Br)OC2=O. The highest BCUT2D eigenvalue weighted by molar-refractivity contribution is 9.28. The Labute approximate surface area is 122 Å². The largest absolute Gasteiger partial charge is 0.494 e. The van der Waals surface area contributed by atoms with Crippen molar-refractivity contribution in [3.05, 3.63) is 32.7 Å². The van der Waals surface area contributed by atoms with Crippen molar-refractivity contribution < 1.29 is 14.3 Å². The second-order valence-corrected chi connectivity index (χ2v) is 6.54. The number of carbonyl (C=O) groups excluding carboxylic acids is 1. The van der Waals surface area contributed by atoms with E-state index in [9.17, 15) is 4.79 Å². The van der Waals surface area contributed by atoms with Gasteiger partial charge in [0.25, 0.3) is 0 Å². The van der Waals surface area contributed by atoms with Gasteiger partial charge in [-0.3, -0.25) is 0 Å². The Bertz CT molecular complexity index is 505. The average molecular weight is 376 g/mol. The molecule has 1 aliphatic rings. The fourth-order valence-corrected chi connectivity index (χ4v) is 2.25. The van der Waals surface area contributed by atoms with Crippen LogP contribution in [-0.2, 0) is 4.74 Å². The minimum absolute atomic E-state index is 0.337. The molecule has 5 heteroatoms. The Morgan fingerprint density at radius 2 is 2.11 bits per heavy atom. The molecule has 1 aliphatic heterocycles. The summed E-state index contributed by atoms with van der Waals surface area (Å²) < 4.78 is 11.4. The van der Waals surface area contributed by atoms with E-state index in [-0.39, 0.29) is 5.97 Å². The van der Waals surface area contributed by atoms with E-state index in [0.29, 0.717) is 21.3 Å². The third-order valence-electron chi connectivity index (χ3n) is 2.59. The number of carbonyl (C=O) groups is 1. The van der Waals surface area contributed by atoms with Gasteiger partial charge in [0.2, 0.25) is 0 Å². The molecule has 0 bridgehead atoms. The Hall–Kier alpha value is -0.810. The molecule has 0 aliphatic carbocycles. The number of benzene rings is 1. The van der Waals surface area contributed by atoms with Crippen LogP contribution in [0.5, 0.6) is 5.75 Å². The van der Waals surface area contributed by atoms with Crippen molar-refractivity contribution in [3.8, 4) is 5.75 Å². The normalized spacial score (nSPS) is 13.3. The van der Waals surface area contributed by atoms with Crippen LogP contribution in [0.3, 0.4) is 0 Å². The van der Waals surface area contributed by atoms with Crippen LogP contribution in [-0.4, -0.2) is 12.6 Å². The van der Waals surface area contributed by atoms with Crippen LogP contribution in [0.15, 0.2) is 21.6 Å². The minimum Gasteiger partial charge on any atom is -0.494 e. The summed E-state index contributed by atoms with van der Waals surface area (Å²) in [4.78, 5) is 11.6. The first kappa shape index (κ1) is 13.6. The van der Waals surface area contributed by atoms with Crippen LogP contribution in [0.4, 0.5) is 0 Å². The van der Waals surface area contributed by atoms with Crippen molar-refractivity contribution in [2.75, 3.05) is 6.61 Å². The summed E-state index contributed by atoms with van der Waals surface area (Å²) in [6.07, 6.45) is 2.10. The molecule has 0 radical (unpaired) electrons. The molecule has 1 aromatic rings. The second kappa shape index (κ2) is 5.89. The summed E-state index contributed by atoms with van der Waals surface area (Å²) in [5.41, 5.74) is 1.31. The lowest BCUT2D eigenvalue weighted by atomic mass is 10.1. The smallest absolute Gasteiger partial charge is 0.344 e. The van der Waals surface area contributed by atoms with Crippen LogP contribution in [0.25, 0.3) is 5.76 Å². The number of unbranched alkanes of at least 4 members (excludes halogenated alkanes) is 1. The zero-order chi connectivity index (χ0) is 13.1. The first-order valence-corrected chi connectivity index (χ1v) is 7.26. The van der Waals surface area contributed by atoms with Crippen molar-refractivity contribution in [1.82, 2.24) is 0 Å². The number of fused-ring (bicyclic) bond motifs is 1. The lowest BCUT2D eigenvalue weighted by molar-refractivity contribution is 0.0716. The number of ether oxygens (including phenoxy) is 2. The highest BCUT2D eigenvalue weighted by Crippen LogP contribution is 2.38. The maximum absolute atomic E-state index is 11.6. The maximum atomic E-state index is 11.6. The van der Waals surface area contributed by atoms with Gasteiger partial charge in [-0.05, 0) is 56.5 Å². The Morgan fingerprint density at radius 1 is 1.33 bits per heavy atom. The second-order valence-electron chi connectivity index (χ2n) is 3.89. The summed E-state index contributed by atoms with van der Waals surface area (Å²) in [6.45, 7) is 2.79. The van der Waals surface area contributed by atoms with E-state index in [4.69, 9.17) is 9.47 Å². The van der Waals surface area contributed by atoms with Crippen molar-refractivity contribution in [3.63, 3.8) is 0 Å². The van der Waals surface area contributed by atoms with Crippen molar-refractivity contribution in [2.24, 2.45) is 0 Å². The quantitative estimate of drug-likeness (QED) is 0.576. The third-order valence-corrected chi connectivity index (χ3v) is 3.31. The van der Waals surface area contributed by atoms with E-state index in [2.05, 4.69) is 38.8 Å². The van der Waals surface area contributed by atoms with E-state index in [1.807, 2.05) is 6.07 Å². The zero-order valence-electron chi connectivity index (χ0n) is 9.83. The summed E-state index contributed by atoms with van der Waals surface area (Å²) >= 11 is 6.53. The molecule has 0 unspecified atom stereocenters. The Morgan fingerprint density at radius 3 is 2.78 bits per heavy atom. The van der Waals surface area contributed by atoms with Crippen molar-refractivity contribution in [1.29, 1.82) is 0 Å². The first-order chi connectivity index (χ1) is 8.63. The van der Waals surface area contributed by atoms with Crippen molar-refractivity contribution >= 4 is 43.6 Å². The molecular weight excluding hydrogens is 364 g/mol. The average Bonchev–Trinajstić information content (AvgIpc) is 2.67. The molecule has 0 fully saturated rings. The molecule has 1 heterocycles. The zero-order valence-corrected chi connectivity index (χ0v) is 13.0. The Balaban J connectivity index is 2.28. The van der Waals surface area contributed by atoms with Gasteiger partial charge in [0.1, 0.15) is 9.14 Å². The summed E-state index contributed by atoms with van der Waals surface area (Å²) in [7, 11) is 0. The van der Waals surface area contributed by atoms with Crippen LogP contribution < -0.4 is 4.74 Å². The third kappa shape index (κ3) is 2.78. The monoisotopic (exact) mass is 374 g/mol. The molecule has 18 heavy (non-hydrogen) atoms. The number of hydrogen-bond acceptors (Lipinski definition) is 3. The van der Waals surface area contributed by atoms with Crippen LogP contribution >= 0.6 is 31.9 Å². The van der Waals surface area contributed by atoms with Crippen LogP contribution in [0.2, 0.25) is 0 Å². The van der Waals surface area contributed by atoms with Gasteiger partial charge in [-0.1, -0.05) is 13.3 Å². The number of cyclic esters (lactones) is 1. The molecule has 0 atom stereocenters. The maximum Gasteiger partial charge on any atom is 0.344 e. The van der Waals surface area contributed by atoms with E-state index >= 15 is 0 Å². The topological polar surface area (TPSA) is 35.5 Å². The number of hydrogen-bond donors (Lipinski definition) is 0. The predicted octanol–water partition coefficient (Wildman–Crippen LogP) is 4.45. The summed E-state index contributed by atoms with van der Waals surface area (Å²) in [5, 5.41) is 0. The number of rotatable bonds is 4. The molecule has 0 aromatic heterocycles. The molecule has 0 saturated heterocycles. The van der Waals surface area contributed by atoms with Gasteiger partial charge in [-0.25, -0.2) is 4.79 Å². The first-order valence-electron chi connectivity index (χ1n) is 5.68. The van der Waals surface area contributed by atoms with Gasteiger partial charge >= 0.3 is 5.97 Å². The van der Waals surface area contributed by atoms with Crippen molar-refractivity contribution in [2.45, 2.75) is 19.8 Å². The molecule has 0 saturated carbocycles. The molecule has 0 spiro atoms. The van der Waals surface area contributed by atoms with Crippen LogP contribution in [0.1, 0.15) is 35.7 Å². The fourth-order valence-electron chi connectivity index (χ4n) is 1.66. The Kier molecular flexibility index (Phi) is 4.45. The van der Waals surface area contributed by atoms with Gasteiger partial charge in [0.15, 0.2) is 5.76 Å². The lowest BCUT2D eigenvalue weighted by Gasteiger charge is -2.06. The fraction of sp³-hybridized carbons (Fsp3) is 0.308. The summed E-state index contributed by atoms with van der Waals surface area (Å²) in [6, 6.07) is 5.35. The van der Waals surface area contributed by atoms with Gasteiger partial charge in [0.05, 0.1) is 12.2 Å². The van der Waals surface area contributed by atoms with Gasteiger partial charge in [-0.15, -0.1) is 0 Å². The lowest BCUT2D eigenvalue weighted by Crippen LogP contribution is -1.98. The van der Waals surface area contributed by atoms with E-state index in [1.165, 1.54) is 0 Å². The number of esters is 1. The standard InChI is InChI=1S/C13H12Br2O3/c1-2-3-6-17-8-4-5-9-10(7-8)11(12(14)15)18-13(9)16/h4-5,7H,2-3,6H2,1H3. The van der Waals surface area contributed by atoms with E-state index < -0.39 is 0 Å².